The van der Waals surface area contributed by atoms with Crippen LogP contribution < -0.4 is 15.8 Å². The molecular weight excluding hydrogens is 360 g/mol. The number of benzene rings is 1. The fourth-order valence-corrected chi connectivity index (χ4v) is 2.83. The highest BCUT2D eigenvalue weighted by molar-refractivity contribution is 6.02. The monoisotopic (exact) mass is 378 g/mol. The predicted molar refractivity (Wildman–Crippen MR) is 103 cm³/mol. The van der Waals surface area contributed by atoms with Crippen LogP contribution in [0.4, 0.5) is 11.5 Å². The third-order valence-corrected chi connectivity index (χ3v) is 4.34. The minimum Gasteiger partial charge on any atom is -0.378 e. The SMILES string of the molecule is O=C(Nc1ccc(-c2ccc(=O)[nH]n2)cc1)c1ccc(N2CCOCC2)nn1. The second-order valence-corrected chi connectivity index (χ2v) is 6.21. The second-order valence-electron chi connectivity index (χ2n) is 6.21. The van der Waals surface area contributed by atoms with Crippen LogP contribution in [0.3, 0.4) is 0 Å². The average molecular weight is 378 g/mol. The Hall–Kier alpha value is -3.59. The average Bonchev–Trinajstić information content (AvgIpc) is 2.76. The summed E-state index contributed by atoms with van der Waals surface area (Å²) in [4.78, 5) is 25.6. The summed E-state index contributed by atoms with van der Waals surface area (Å²) in [7, 11) is 0. The van der Waals surface area contributed by atoms with Gasteiger partial charge in [-0.05, 0) is 30.3 Å². The normalized spacial score (nSPS) is 13.9. The molecule has 3 aromatic rings. The summed E-state index contributed by atoms with van der Waals surface area (Å²) in [5.74, 6) is 0.397. The number of nitrogens with one attached hydrogen (secondary N) is 2. The fraction of sp³-hybridized carbons (Fsp3) is 0.211. The molecule has 0 bridgehead atoms. The van der Waals surface area contributed by atoms with Crippen molar-refractivity contribution >= 4 is 17.4 Å². The molecular formula is C19H18N6O3. The Labute approximate surface area is 160 Å². The first kappa shape index (κ1) is 17.8. The van der Waals surface area contributed by atoms with Crippen molar-refractivity contribution < 1.29 is 9.53 Å². The van der Waals surface area contributed by atoms with Gasteiger partial charge in [0.15, 0.2) is 11.5 Å². The van der Waals surface area contributed by atoms with Gasteiger partial charge in [-0.2, -0.15) is 5.10 Å². The number of rotatable bonds is 4. The molecule has 9 heteroatoms. The lowest BCUT2D eigenvalue weighted by Crippen LogP contribution is -2.37. The van der Waals surface area contributed by atoms with Gasteiger partial charge in [0.05, 0.1) is 18.9 Å². The topological polar surface area (TPSA) is 113 Å². The lowest BCUT2D eigenvalue weighted by atomic mass is 10.1. The summed E-state index contributed by atoms with van der Waals surface area (Å²) < 4.78 is 5.32. The van der Waals surface area contributed by atoms with Gasteiger partial charge in [0, 0.05) is 30.4 Å². The fourth-order valence-electron chi connectivity index (χ4n) is 2.83. The molecule has 2 N–H and O–H groups in total. The Morgan fingerprint density at radius 1 is 1.00 bits per heavy atom. The Morgan fingerprint density at radius 2 is 1.79 bits per heavy atom. The molecule has 0 unspecified atom stereocenters. The van der Waals surface area contributed by atoms with E-state index >= 15 is 0 Å². The maximum absolute atomic E-state index is 12.4. The molecule has 4 rings (SSSR count). The van der Waals surface area contributed by atoms with E-state index in [-0.39, 0.29) is 17.2 Å². The second kappa shape index (κ2) is 7.97. The number of carbonyl (C=O) groups excluding carboxylic acids is 1. The number of nitrogens with zero attached hydrogens (tertiary/aromatic N) is 4. The molecule has 0 radical (unpaired) electrons. The van der Waals surface area contributed by atoms with Gasteiger partial charge in [-0.3, -0.25) is 9.59 Å². The lowest BCUT2D eigenvalue weighted by molar-refractivity contribution is 0.102. The van der Waals surface area contributed by atoms with Crippen molar-refractivity contribution in [3.63, 3.8) is 0 Å². The van der Waals surface area contributed by atoms with E-state index in [1.807, 2.05) is 12.1 Å². The minimum absolute atomic E-state index is 0.239. The van der Waals surface area contributed by atoms with E-state index in [4.69, 9.17) is 4.74 Å². The highest BCUT2D eigenvalue weighted by atomic mass is 16.5. The van der Waals surface area contributed by atoms with Crippen LogP contribution in [0.2, 0.25) is 0 Å². The molecule has 0 aliphatic carbocycles. The van der Waals surface area contributed by atoms with Crippen LogP contribution in [0.5, 0.6) is 0 Å². The van der Waals surface area contributed by atoms with Gasteiger partial charge in [-0.1, -0.05) is 12.1 Å². The predicted octanol–water partition coefficient (Wildman–Crippen LogP) is 1.32. The number of hydrogen-bond acceptors (Lipinski definition) is 7. The van der Waals surface area contributed by atoms with E-state index in [2.05, 4.69) is 30.6 Å². The number of ether oxygens (including phenoxy) is 1. The van der Waals surface area contributed by atoms with Crippen molar-refractivity contribution in [3.05, 3.63) is 64.6 Å². The van der Waals surface area contributed by atoms with Gasteiger partial charge < -0.3 is 15.0 Å². The smallest absolute Gasteiger partial charge is 0.276 e. The Morgan fingerprint density at radius 3 is 2.43 bits per heavy atom. The molecule has 2 aromatic heterocycles. The highest BCUT2D eigenvalue weighted by Crippen LogP contribution is 2.19. The summed E-state index contributed by atoms with van der Waals surface area (Å²) >= 11 is 0. The van der Waals surface area contributed by atoms with Gasteiger partial charge >= 0.3 is 0 Å². The van der Waals surface area contributed by atoms with E-state index in [0.717, 1.165) is 24.5 Å². The quantitative estimate of drug-likeness (QED) is 0.704. The molecule has 0 saturated carbocycles. The van der Waals surface area contributed by atoms with Gasteiger partial charge in [0.2, 0.25) is 0 Å². The lowest BCUT2D eigenvalue weighted by Gasteiger charge is -2.27. The molecule has 1 amide bonds. The van der Waals surface area contributed by atoms with E-state index in [1.165, 1.54) is 6.07 Å². The van der Waals surface area contributed by atoms with E-state index in [1.54, 1.807) is 30.3 Å². The summed E-state index contributed by atoms with van der Waals surface area (Å²) in [6.07, 6.45) is 0. The summed E-state index contributed by atoms with van der Waals surface area (Å²) in [6.45, 7) is 2.84. The van der Waals surface area contributed by atoms with Crippen LogP contribution in [0.1, 0.15) is 10.5 Å². The first-order valence-electron chi connectivity index (χ1n) is 8.83. The number of aromatic amines is 1. The third kappa shape index (κ3) is 4.04. The standard InChI is InChI=1S/C19H18N6O3/c26-18-8-6-15(21-24-18)13-1-3-14(4-2-13)20-19(27)16-5-7-17(23-22-16)25-9-11-28-12-10-25/h1-8H,9-12H2,(H,20,27)(H,24,26). The Bertz CT molecular complexity index is 991. The van der Waals surface area contributed by atoms with Crippen molar-refractivity contribution in [3.8, 4) is 11.3 Å². The summed E-state index contributed by atoms with van der Waals surface area (Å²) in [5.41, 5.74) is 2.07. The summed E-state index contributed by atoms with van der Waals surface area (Å²) in [5, 5.41) is 17.3. The zero-order valence-corrected chi connectivity index (χ0v) is 15.0. The van der Waals surface area contributed by atoms with Crippen molar-refractivity contribution in [2.45, 2.75) is 0 Å². The third-order valence-electron chi connectivity index (χ3n) is 4.34. The number of hydrogen-bond donors (Lipinski definition) is 2. The number of amides is 1. The van der Waals surface area contributed by atoms with E-state index in [9.17, 15) is 9.59 Å². The molecule has 0 spiro atoms. The zero-order valence-electron chi connectivity index (χ0n) is 15.0. The Balaban J connectivity index is 1.41. The number of H-pyrrole nitrogens is 1. The van der Waals surface area contributed by atoms with Crippen LogP contribution in [-0.2, 0) is 4.74 Å². The molecule has 1 aliphatic rings. The van der Waals surface area contributed by atoms with Crippen LogP contribution in [0, 0.1) is 0 Å². The molecule has 142 valence electrons. The molecule has 28 heavy (non-hydrogen) atoms. The van der Waals surface area contributed by atoms with Crippen LogP contribution in [-0.4, -0.2) is 52.6 Å². The maximum atomic E-state index is 12.4. The van der Waals surface area contributed by atoms with Crippen LogP contribution in [0.15, 0.2) is 53.3 Å². The van der Waals surface area contributed by atoms with Crippen molar-refractivity contribution in [1.29, 1.82) is 0 Å². The zero-order chi connectivity index (χ0) is 19.3. The minimum atomic E-state index is -0.337. The molecule has 1 saturated heterocycles. The highest BCUT2D eigenvalue weighted by Gasteiger charge is 2.14. The van der Waals surface area contributed by atoms with Gasteiger partial charge in [0.25, 0.3) is 11.5 Å². The maximum Gasteiger partial charge on any atom is 0.276 e. The number of aromatic nitrogens is 4. The van der Waals surface area contributed by atoms with Crippen LogP contribution >= 0.6 is 0 Å². The first-order valence-corrected chi connectivity index (χ1v) is 8.83. The van der Waals surface area contributed by atoms with E-state index in [0.29, 0.717) is 24.6 Å². The van der Waals surface area contributed by atoms with E-state index < -0.39 is 0 Å². The molecule has 1 fully saturated rings. The molecule has 9 nitrogen and oxygen atoms in total. The van der Waals surface area contributed by atoms with Crippen LogP contribution in [0.25, 0.3) is 11.3 Å². The summed E-state index contributed by atoms with van der Waals surface area (Å²) in [6, 6.07) is 13.6. The van der Waals surface area contributed by atoms with Gasteiger partial charge in [-0.25, -0.2) is 5.10 Å². The molecule has 1 aliphatic heterocycles. The molecule has 1 aromatic carbocycles. The van der Waals surface area contributed by atoms with Gasteiger partial charge in [0.1, 0.15) is 0 Å². The molecule has 3 heterocycles. The first-order chi connectivity index (χ1) is 13.7. The molecule has 0 atom stereocenters. The number of anilines is 2. The van der Waals surface area contributed by atoms with Crippen molar-refractivity contribution in [2.24, 2.45) is 0 Å². The van der Waals surface area contributed by atoms with Crippen molar-refractivity contribution in [1.82, 2.24) is 20.4 Å². The van der Waals surface area contributed by atoms with Gasteiger partial charge in [-0.15, -0.1) is 10.2 Å². The number of carbonyl (C=O) groups is 1. The number of morpholine rings is 1. The van der Waals surface area contributed by atoms with Crippen molar-refractivity contribution in [2.75, 3.05) is 36.5 Å². The Kier molecular flexibility index (Phi) is 5.07. The largest absolute Gasteiger partial charge is 0.378 e.